The summed E-state index contributed by atoms with van der Waals surface area (Å²) < 4.78 is 29.1. The van der Waals surface area contributed by atoms with E-state index in [1.165, 1.54) is 6.42 Å². The van der Waals surface area contributed by atoms with Crippen LogP contribution in [0.15, 0.2) is 0 Å². The first-order valence-corrected chi connectivity index (χ1v) is 17.2. The number of fused-ring (bicyclic) bond motifs is 1. The van der Waals surface area contributed by atoms with E-state index in [1.54, 1.807) is 20.8 Å². The molecule has 0 radical (unpaired) electrons. The number of likely N-dealkylation sites (tertiary alicyclic amines) is 1. The molecule has 12 heteroatoms. The van der Waals surface area contributed by atoms with Crippen LogP contribution >= 0.6 is 0 Å². The quantitative estimate of drug-likeness (QED) is 0.301. The summed E-state index contributed by atoms with van der Waals surface area (Å²) in [6, 6.07) is -0.608. The number of nitrogens with zero attached hydrogens (tertiary/aromatic N) is 1. The molecule has 11 nitrogen and oxygen atoms in total. The number of alkyl carbamates (subject to hydrolysis) is 1. The lowest BCUT2D eigenvalue weighted by atomic mass is 9.83. The monoisotopic (exact) mass is 612 g/mol. The van der Waals surface area contributed by atoms with Crippen molar-refractivity contribution in [3.63, 3.8) is 0 Å². The molecule has 1 unspecified atom stereocenters. The number of amides is 3. The zero-order valence-corrected chi connectivity index (χ0v) is 27.1. The van der Waals surface area contributed by atoms with Gasteiger partial charge in [-0.15, -0.1) is 0 Å². The number of sulfone groups is 1. The maximum absolute atomic E-state index is 13.5. The molecular formula is C30H52N4O7S. The Morgan fingerprint density at radius 1 is 0.905 bits per heavy atom. The molecule has 2 aliphatic carbocycles. The number of Topliss-reactive ketones (excluding diaryl/α,β-unsaturated/α-hetero) is 1. The van der Waals surface area contributed by atoms with Crippen LogP contribution in [0, 0.1) is 17.8 Å². The second-order valence-corrected chi connectivity index (χ2v) is 17.1. The highest BCUT2D eigenvalue weighted by atomic mass is 32.2. The van der Waals surface area contributed by atoms with Gasteiger partial charge in [-0.05, 0) is 85.0 Å². The van der Waals surface area contributed by atoms with Gasteiger partial charge in [0.15, 0.2) is 9.84 Å². The van der Waals surface area contributed by atoms with Gasteiger partial charge in [0.25, 0.3) is 5.91 Å². The standard InChI is InChI=1S/C30H52N4O7S/c1-29(2,3)41-28(38)33-23(20-11-8-7-9-12-20)19-34-18-21-13-10-14-22(21)25(34)27(37)32-17-24(35)26(36)31-15-16-42(39,40)30(4,5)6/h20-23,25H,7-19H2,1-6H3,(H,31,36)(H,32,37)(H,33,38)/t21-,22?,23+,25-/m0/s1. The fourth-order valence-electron chi connectivity index (χ4n) is 6.56. The minimum Gasteiger partial charge on any atom is -0.444 e. The largest absolute Gasteiger partial charge is 0.444 e. The Hall–Kier alpha value is -2.21. The molecule has 0 aromatic heterocycles. The molecule has 42 heavy (non-hydrogen) atoms. The molecule has 2 saturated carbocycles. The number of ether oxygens (including phenoxy) is 1. The van der Waals surface area contributed by atoms with Crippen molar-refractivity contribution < 1.29 is 32.3 Å². The molecule has 4 atom stereocenters. The van der Waals surface area contributed by atoms with Gasteiger partial charge in [0.05, 0.1) is 23.1 Å². The SMILES string of the molecule is CC(C)(C)OC(=O)N[C@H](CN1C[C@@H]2CCCC2[C@H]1C(=O)NCC(=O)C(=O)NCCS(=O)(=O)C(C)(C)C)C1CCCCC1. The van der Waals surface area contributed by atoms with Crippen molar-refractivity contribution in [2.75, 3.05) is 31.9 Å². The zero-order chi connectivity index (χ0) is 31.3. The molecule has 3 N–H and O–H groups in total. The number of ketones is 1. The van der Waals surface area contributed by atoms with Crippen molar-refractivity contribution in [3.05, 3.63) is 0 Å². The Kier molecular flexibility index (Phi) is 11.5. The van der Waals surface area contributed by atoms with Gasteiger partial charge in [-0.2, -0.15) is 0 Å². The van der Waals surface area contributed by atoms with Crippen LogP contribution in [0.5, 0.6) is 0 Å². The maximum Gasteiger partial charge on any atom is 0.407 e. The van der Waals surface area contributed by atoms with Crippen LogP contribution in [0.3, 0.4) is 0 Å². The Balaban J connectivity index is 1.62. The van der Waals surface area contributed by atoms with Crippen molar-refractivity contribution in [1.29, 1.82) is 0 Å². The summed E-state index contributed by atoms with van der Waals surface area (Å²) in [7, 11) is -3.44. The van der Waals surface area contributed by atoms with Gasteiger partial charge in [-0.1, -0.05) is 25.7 Å². The number of hydrogen-bond donors (Lipinski definition) is 3. The van der Waals surface area contributed by atoms with Gasteiger partial charge in [0, 0.05) is 25.7 Å². The molecular weight excluding hydrogens is 560 g/mol. The van der Waals surface area contributed by atoms with E-state index in [0.29, 0.717) is 18.4 Å². The molecule has 0 bridgehead atoms. The Labute approximate surface area is 251 Å². The molecule has 240 valence electrons. The summed E-state index contributed by atoms with van der Waals surface area (Å²) >= 11 is 0. The van der Waals surface area contributed by atoms with Crippen LogP contribution in [0.1, 0.15) is 92.9 Å². The van der Waals surface area contributed by atoms with E-state index in [0.717, 1.165) is 51.5 Å². The number of rotatable bonds is 11. The lowest BCUT2D eigenvalue weighted by molar-refractivity contribution is -0.138. The van der Waals surface area contributed by atoms with Gasteiger partial charge in [-0.25, -0.2) is 13.2 Å². The predicted molar refractivity (Wildman–Crippen MR) is 160 cm³/mol. The van der Waals surface area contributed by atoms with Gasteiger partial charge >= 0.3 is 6.09 Å². The molecule has 3 aliphatic rings. The molecule has 1 saturated heterocycles. The maximum atomic E-state index is 13.5. The highest BCUT2D eigenvalue weighted by Gasteiger charge is 2.48. The van der Waals surface area contributed by atoms with Crippen LogP contribution < -0.4 is 16.0 Å². The first-order valence-electron chi connectivity index (χ1n) is 15.5. The minimum atomic E-state index is -3.44. The lowest BCUT2D eigenvalue weighted by Gasteiger charge is -2.36. The molecule has 0 spiro atoms. The Morgan fingerprint density at radius 3 is 2.19 bits per heavy atom. The van der Waals surface area contributed by atoms with E-state index in [2.05, 4.69) is 20.9 Å². The highest BCUT2D eigenvalue weighted by Crippen LogP contribution is 2.42. The topological polar surface area (TPSA) is 151 Å². The van der Waals surface area contributed by atoms with Crippen molar-refractivity contribution in [2.24, 2.45) is 17.8 Å². The molecule has 3 amide bonds. The third-order valence-electron chi connectivity index (χ3n) is 8.87. The minimum absolute atomic E-state index is 0.157. The van der Waals surface area contributed by atoms with Gasteiger partial charge < -0.3 is 20.7 Å². The van der Waals surface area contributed by atoms with Gasteiger partial charge in [0.1, 0.15) is 5.60 Å². The third-order valence-corrected chi connectivity index (χ3v) is 11.5. The third kappa shape index (κ3) is 9.39. The number of nitrogens with one attached hydrogen (secondary N) is 3. The lowest BCUT2D eigenvalue weighted by Crippen LogP contribution is -2.54. The average molecular weight is 613 g/mol. The second kappa shape index (κ2) is 14.1. The van der Waals surface area contributed by atoms with Crippen LogP contribution in [0.4, 0.5) is 4.79 Å². The van der Waals surface area contributed by atoms with E-state index >= 15 is 0 Å². The molecule has 3 rings (SSSR count). The van der Waals surface area contributed by atoms with E-state index in [4.69, 9.17) is 4.74 Å². The van der Waals surface area contributed by atoms with Gasteiger partial charge in [-0.3, -0.25) is 19.3 Å². The molecule has 0 aromatic rings. The fourth-order valence-corrected chi connectivity index (χ4v) is 7.54. The number of hydrogen-bond acceptors (Lipinski definition) is 8. The summed E-state index contributed by atoms with van der Waals surface area (Å²) in [4.78, 5) is 53.3. The summed E-state index contributed by atoms with van der Waals surface area (Å²) in [6.07, 6.45) is 7.98. The van der Waals surface area contributed by atoms with Crippen molar-refractivity contribution in [2.45, 2.75) is 115 Å². The first kappa shape index (κ1) is 34.3. The van der Waals surface area contributed by atoms with E-state index in [1.807, 2.05) is 20.8 Å². The van der Waals surface area contributed by atoms with Crippen molar-refractivity contribution in [3.8, 4) is 0 Å². The predicted octanol–water partition coefficient (Wildman–Crippen LogP) is 2.58. The molecule has 1 heterocycles. The first-order chi connectivity index (χ1) is 19.5. The van der Waals surface area contributed by atoms with Crippen molar-refractivity contribution >= 4 is 33.5 Å². The second-order valence-electron chi connectivity index (χ2n) is 14.2. The van der Waals surface area contributed by atoms with Crippen LogP contribution in [-0.2, 0) is 29.0 Å². The smallest absolute Gasteiger partial charge is 0.407 e. The Bertz CT molecular complexity index is 1090. The van der Waals surface area contributed by atoms with Crippen LogP contribution in [-0.4, -0.2) is 91.4 Å². The van der Waals surface area contributed by atoms with E-state index in [-0.39, 0.29) is 30.2 Å². The van der Waals surface area contributed by atoms with Crippen molar-refractivity contribution in [1.82, 2.24) is 20.9 Å². The number of carbonyl (C=O) groups is 4. The number of carbonyl (C=O) groups excluding carboxylic acids is 4. The fraction of sp³-hybridized carbons (Fsp3) is 0.867. The summed E-state index contributed by atoms with van der Waals surface area (Å²) in [5.74, 6) is -1.48. The summed E-state index contributed by atoms with van der Waals surface area (Å²) in [5.41, 5.74) is -0.617. The molecule has 3 fully saturated rings. The molecule has 1 aliphatic heterocycles. The zero-order valence-electron chi connectivity index (χ0n) is 26.3. The van der Waals surface area contributed by atoms with Gasteiger partial charge in [0.2, 0.25) is 11.7 Å². The summed E-state index contributed by atoms with van der Waals surface area (Å²) in [6.45, 7) is 10.9. The van der Waals surface area contributed by atoms with Crippen LogP contribution in [0.2, 0.25) is 0 Å². The molecule has 0 aromatic carbocycles. The van der Waals surface area contributed by atoms with Crippen LogP contribution in [0.25, 0.3) is 0 Å². The normalized spacial score (nSPS) is 24.5. The van der Waals surface area contributed by atoms with E-state index < -0.39 is 50.6 Å². The summed E-state index contributed by atoms with van der Waals surface area (Å²) in [5, 5.41) is 8.16. The Morgan fingerprint density at radius 2 is 1.57 bits per heavy atom. The average Bonchev–Trinajstić information content (AvgIpc) is 3.46. The highest BCUT2D eigenvalue weighted by molar-refractivity contribution is 7.92. The van der Waals surface area contributed by atoms with E-state index in [9.17, 15) is 27.6 Å².